The monoisotopic (exact) mass is 246 g/mol. The smallest absolute Gasteiger partial charge is 0.341 e. The second kappa shape index (κ2) is 5.55. The molecule has 0 saturated carbocycles. The van der Waals surface area contributed by atoms with Crippen LogP contribution in [0.25, 0.3) is 0 Å². The fraction of sp³-hybridized carbons (Fsp3) is 0.400. The Morgan fingerprint density at radius 3 is 2.56 bits per heavy atom. The highest BCUT2D eigenvalue weighted by atomic mass is 35.5. The zero-order valence-corrected chi connectivity index (χ0v) is 9.67. The Morgan fingerprint density at radius 2 is 2.06 bits per heavy atom. The number of furan rings is 1. The van der Waals surface area contributed by atoms with Crippen molar-refractivity contribution in [2.75, 3.05) is 14.2 Å². The van der Waals surface area contributed by atoms with Crippen molar-refractivity contribution in [2.24, 2.45) is 0 Å². The number of esters is 2. The van der Waals surface area contributed by atoms with E-state index in [1.54, 1.807) is 0 Å². The summed E-state index contributed by atoms with van der Waals surface area (Å²) in [6.07, 6.45) is 1.20. The second-order valence-electron chi connectivity index (χ2n) is 2.94. The highest BCUT2D eigenvalue weighted by Crippen LogP contribution is 2.21. The van der Waals surface area contributed by atoms with Gasteiger partial charge in [0.05, 0.1) is 26.4 Å². The van der Waals surface area contributed by atoms with Crippen molar-refractivity contribution >= 4 is 23.5 Å². The lowest BCUT2D eigenvalue weighted by atomic mass is 10.1. The van der Waals surface area contributed by atoms with E-state index in [9.17, 15) is 9.59 Å². The van der Waals surface area contributed by atoms with Gasteiger partial charge in [0.25, 0.3) is 0 Å². The first kappa shape index (κ1) is 12.6. The predicted octanol–water partition coefficient (Wildman–Crippen LogP) is 1.52. The van der Waals surface area contributed by atoms with Gasteiger partial charge < -0.3 is 13.9 Å². The van der Waals surface area contributed by atoms with Crippen LogP contribution in [0.5, 0.6) is 0 Å². The molecule has 5 nitrogen and oxygen atoms in total. The fourth-order valence-electron chi connectivity index (χ4n) is 1.22. The molecular weight excluding hydrogens is 236 g/mol. The molecule has 1 rings (SSSR count). The van der Waals surface area contributed by atoms with Crippen molar-refractivity contribution in [1.82, 2.24) is 0 Å². The van der Waals surface area contributed by atoms with Gasteiger partial charge >= 0.3 is 11.9 Å². The van der Waals surface area contributed by atoms with Crippen LogP contribution in [0.1, 0.15) is 21.7 Å². The van der Waals surface area contributed by atoms with Gasteiger partial charge in [0, 0.05) is 5.56 Å². The maximum absolute atomic E-state index is 11.5. The van der Waals surface area contributed by atoms with Crippen molar-refractivity contribution in [1.29, 1.82) is 0 Å². The molecule has 0 aliphatic rings. The average Bonchev–Trinajstić information content (AvgIpc) is 2.70. The van der Waals surface area contributed by atoms with Gasteiger partial charge in [-0.05, 0) is 0 Å². The summed E-state index contributed by atoms with van der Waals surface area (Å²) in [5.74, 6) is -0.770. The maximum atomic E-state index is 11.5. The molecule has 0 N–H and O–H groups in total. The van der Waals surface area contributed by atoms with E-state index in [4.69, 9.17) is 16.0 Å². The number of carbonyl (C=O) groups excluding carboxylic acids is 2. The number of halogens is 1. The largest absolute Gasteiger partial charge is 0.469 e. The first-order chi connectivity index (χ1) is 7.63. The standard InChI is InChI=1S/C10H11ClO5/c1-14-8(12)3-7-9(10(13)15-2)6(4-11)5-16-7/h5H,3-4H2,1-2H3. The number of hydrogen-bond acceptors (Lipinski definition) is 5. The molecule has 0 spiro atoms. The fourth-order valence-corrected chi connectivity index (χ4v) is 1.41. The Labute approximate surface area is 97.3 Å². The van der Waals surface area contributed by atoms with Crippen LogP contribution in [0.15, 0.2) is 10.7 Å². The molecule has 6 heteroatoms. The lowest BCUT2D eigenvalue weighted by Gasteiger charge is -2.01. The number of rotatable bonds is 4. The average molecular weight is 247 g/mol. The van der Waals surface area contributed by atoms with Crippen LogP contribution in [-0.4, -0.2) is 26.2 Å². The van der Waals surface area contributed by atoms with Gasteiger partial charge in [-0.2, -0.15) is 0 Å². The molecule has 1 aromatic heterocycles. The molecule has 0 bridgehead atoms. The molecule has 0 aliphatic heterocycles. The van der Waals surface area contributed by atoms with Crippen LogP contribution < -0.4 is 0 Å². The van der Waals surface area contributed by atoms with Gasteiger partial charge in [-0.3, -0.25) is 4.79 Å². The number of alkyl halides is 1. The molecule has 0 aromatic carbocycles. The Bertz CT molecular complexity index is 396. The number of hydrogen-bond donors (Lipinski definition) is 0. The topological polar surface area (TPSA) is 65.7 Å². The van der Waals surface area contributed by atoms with Gasteiger partial charge in [0.15, 0.2) is 0 Å². The molecule has 0 fully saturated rings. The highest BCUT2D eigenvalue weighted by Gasteiger charge is 2.22. The van der Waals surface area contributed by atoms with E-state index < -0.39 is 11.9 Å². The third kappa shape index (κ3) is 2.55. The SMILES string of the molecule is COC(=O)Cc1occ(CCl)c1C(=O)OC. The quantitative estimate of drug-likeness (QED) is 0.595. The summed E-state index contributed by atoms with van der Waals surface area (Å²) < 4.78 is 14.2. The Balaban J connectivity index is 3.04. The second-order valence-corrected chi connectivity index (χ2v) is 3.20. The molecule has 1 heterocycles. The Morgan fingerprint density at radius 1 is 1.38 bits per heavy atom. The molecule has 0 aliphatic carbocycles. The van der Waals surface area contributed by atoms with Crippen LogP contribution >= 0.6 is 11.6 Å². The summed E-state index contributed by atoms with van der Waals surface area (Å²) in [5.41, 5.74) is 0.690. The zero-order valence-electron chi connectivity index (χ0n) is 8.91. The third-order valence-electron chi connectivity index (χ3n) is 2.01. The first-order valence-corrected chi connectivity index (χ1v) is 4.97. The molecular formula is C10H11ClO5. The van der Waals surface area contributed by atoms with Crippen LogP contribution in [-0.2, 0) is 26.6 Å². The van der Waals surface area contributed by atoms with Gasteiger partial charge in [0.1, 0.15) is 17.7 Å². The van der Waals surface area contributed by atoms with Crippen LogP contribution in [0.2, 0.25) is 0 Å². The van der Waals surface area contributed by atoms with Crippen molar-refractivity contribution in [3.05, 3.63) is 23.2 Å². The van der Waals surface area contributed by atoms with Gasteiger partial charge in [-0.1, -0.05) is 0 Å². The Kier molecular flexibility index (Phi) is 4.37. The van der Waals surface area contributed by atoms with E-state index in [-0.39, 0.29) is 23.6 Å². The minimum Gasteiger partial charge on any atom is -0.469 e. The molecule has 0 atom stereocenters. The maximum Gasteiger partial charge on any atom is 0.341 e. The van der Waals surface area contributed by atoms with E-state index in [1.807, 2.05) is 0 Å². The van der Waals surface area contributed by atoms with E-state index in [0.717, 1.165) is 0 Å². The lowest BCUT2D eigenvalue weighted by Crippen LogP contribution is -2.10. The zero-order chi connectivity index (χ0) is 12.1. The number of carbonyl (C=O) groups is 2. The van der Waals surface area contributed by atoms with Crippen molar-refractivity contribution in [3.63, 3.8) is 0 Å². The van der Waals surface area contributed by atoms with Gasteiger partial charge in [-0.25, -0.2) is 4.79 Å². The van der Waals surface area contributed by atoms with Gasteiger partial charge in [-0.15, -0.1) is 11.6 Å². The normalized spacial score (nSPS) is 9.94. The minimum absolute atomic E-state index is 0.106. The van der Waals surface area contributed by atoms with E-state index in [0.29, 0.717) is 5.56 Å². The molecule has 0 radical (unpaired) electrons. The van der Waals surface area contributed by atoms with Crippen molar-refractivity contribution in [2.45, 2.75) is 12.3 Å². The summed E-state index contributed by atoms with van der Waals surface area (Å²) in [7, 11) is 2.50. The van der Waals surface area contributed by atoms with Crippen LogP contribution in [0.4, 0.5) is 0 Å². The van der Waals surface area contributed by atoms with E-state index >= 15 is 0 Å². The predicted molar refractivity (Wildman–Crippen MR) is 55.3 cm³/mol. The van der Waals surface area contributed by atoms with Gasteiger partial charge in [0.2, 0.25) is 0 Å². The Hall–Kier alpha value is -1.49. The molecule has 0 saturated heterocycles. The van der Waals surface area contributed by atoms with E-state index in [1.165, 1.54) is 20.5 Å². The summed E-state index contributed by atoms with van der Waals surface area (Å²) in [4.78, 5) is 22.5. The molecule has 88 valence electrons. The molecule has 16 heavy (non-hydrogen) atoms. The summed E-state index contributed by atoms with van der Waals surface area (Å²) >= 11 is 5.63. The minimum atomic E-state index is -0.580. The first-order valence-electron chi connectivity index (χ1n) is 4.44. The summed E-state index contributed by atoms with van der Waals surface area (Å²) in [6, 6.07) is 0. The van der Waals surface area contributed by atoms with Crippen LogP contribution in [0, 0.1) is 0 Å². The van der Waals surface area contributed by atoms with Crippen molar-refractivity contribution < 1.29 is 23.5 Å². The number of methoxy groups -OCH3 is 2. The van der Waals surface area contributed by atoms with Crippen molar-refractivity contribution in [3.8, 4) is 0 Å². The molecule has 1 aromatic rings. The molecule has 0 unspecified atom stereocenters. The summed E-state index contributed by atoms with van der Waals surface area (Å²) in [5, 5.41) is 0. The number of ether oxygens (including phenoxy) is 2. The third-order valence-corrected chi connectivity index (χ3v) is 2.30. The lowest BCUT2D eigenvalue weighted by molar-refractivity contribution is -0.140. The molecule has 0 amide bonds. The van der Waals surface area contributed by atoms with Crippen LogP contribution in [0.3, 0.4) is 0 Å². The van der Waals surface area contributed by atoms with E-state index in [2.05, 4.69) is 9.47 Å². The summed E-state index contributed by atoms with van der Waals surface area (Å²) in [6.45, 7) is 0. The highest BCUT2D eigenvalue weighted by molar-refractivity contribution is 6.17.